The van der Waals surface area contributed by atoms with Crippen molar-refractivity contribution in [2.45, 2.75) is 32.8 Å². The number of carbonyl (C=O) groups is 1. The molecule has 0 spiro atoms. The van der Waals surface area contributed by atoms with Crippen molar-refractivity contribution in [3.63, 3.8) is 0 Å². The van der Waals surface area contributed by atoms with Crippen LogP contribution in [0.25, 0.3) is 10.6 Å². The summed E-state index contributed by atoms with van der Waals surface area (Å²) in [4.78, 5) is 16.3. The monoisotopic (exact) mass is 333 g/mol. The lowest BCUT2D eigenvalue weighted by Crippen LogP contribution is -2.46. The van der Waals surface area contributed by atoms with Crippen LogP contribution in [-0.2, 0) is 0 Å². The molecule has 0 bridgehead atoms. The van der Waals surface area contributed by atoms with Crippen LogP contribution in [0.4, 0.5) is 10.5 Å². The van der Waals surface area contributed by atoms with E-state index in [4.69, 9.17) is 0 Å². The molecule has 0 fully saturated rings. The number of benzene rings is 1. The second kappa shape index (κ2) is 7.57. The lowest BCUT2D eigenvalue weighted by Gasteiger charge is -2.29. The van der Waals surface area contributed by atoms with Gasteiger partial charge in [0, 0.05) is 29.4 Å². The summed E-state index contributed by atoms with van der Waals surface area (Å²) in [6.07, 6.45) is 2.61. The highest BCUT2D eigenvalue weighted by molar-refractivity contribution is 7.13. The minimum Gasteiger partial charge on any atom is -0.388 e. The zero-order valence-electron chi connectivity index (χ0n) is 13.7. The van der Waals surface area contributed by atoms with Gasteiger partial charge < -0.3 is 15.7 Å². The number of nitrogens with zero attached hydrogens (tertiary/aromatic N) is 1. The second-order valence-electron chi connectivity index (χ2n) is 5.89. The van der Waals surface area contributed by atoms with E-state index in [1.54, 1.807) is 24.5 Å². The number of hydrogen-bond acceptors (Lipinski definition) is 4. The van der Waals surface area contributed by atoms with Crippen LogP contribution in [0.3, 0.4) is 0 Å². The summed E-state index contributed by atoms with van der Waals surface area (Å²) >= 11 is 1.55. The molecule has 1 heterocycles. The van der Waals surface area contributed by atoms with Gasteiger partial charge in [0.15, 0.2) is 0 Å². The molecule has 2 aromatic rings. The molecule has 2 rings (SSSR count). The first-order chi connectivity index (χ1) is 10.9. The molecule has 0 saturated heterocycles. The molecule has 0 aliphatic carbocycles. The summed E-state index contributed by atoms with van der Waals surface area (Å²) in [5.41, 5.74) is 0.734. The van der Waals surface area contributed by atoms with E-state index in [9.17, 15) is 9.90 Å². The Labute approximate surface area is 140 Å². The summed E-state index contributed by atoms with van der Waals surface area (Å²) in [5.74, 6) is 0.107. The van der Waals surface area contributed by atoms with E-state index in [0.717, 1.165) is 17.0 Å². The highest BCUT2D eigenvalue weighted by Gasteiger charge is 2.27. The third-order valence-electron chi connectivity index (χ3n) is 4.08. The Kier molecular flexibility index (Phi) is 5.74. The number of amides is 2. The Morgan fingerprint density at radius 1 is 1.48 bits per heavy atom. The van der Waals surface area contributed by atoms with Gasteiger partial charge in [-0.2, -0.15) is 0 Å². The van der Waals surface area contributed by atoms with E-state index in [1.807, 2.05) is 43.5 Å². The molecule has 124 valence electrons. The number of anilines is 1. The van der Waals surface area contributed by atoms with Crippen molar-refractivity contribution < 1.29 is 9.90 Å². The van der Waals surface area contributed by atoms with Crippen molar-refractivity contribution in [3.8, 4) is 10.6 Å². The Morgan fingerprint density at radius 3 is 2.91 bits per heavy atom. The molecular weight excluding hydrogens is 310 g/mol. The first kappa shape index (κ1) is 17.4. The summed E-state index contributed by atoms with van der Waals surface area (Å²) in [7, 11) is 0. The van der Waals surface area contributed by atoms with Crippen LogP contribution in [0.2, 0.25) is 0 Å². The summed E-state index contributed by atoms with van der Waals surface area (Å²) < 4.78 is 0. The third kappa shape index (κ3) is 4.77. The van der Waals surface area contributed by atoms with Gasteiger partial charge in [0.2, 0.25) is 0 Å². The van der Waals surface area contributed by atoms with Crippen LogP contribution in [0.5, 0.6) is 0 Å². The fraction of sp³-hybridized carbons (Fsp3) is 0.412. The number of rotatable bonds is 6. The molecule has 2 amide bonds. The van der Waals surface area contributed by atoms with Gasteiger partial charge in [-0.3, -0.25) is 0 Å². The van der Waals surface area contributed by atoms with Gasteiger partial charge in [-0.25, -0.2) is 9.78 Å². The van der Waals surface area contributed by atoms with Gasteiger partial charge in [-0.15, -0.1) is 11.3 Å². The fourth-order valence-electron chi connectivity index (χ4n) is 2.14. The maximum Gasteiger partial charge on any atom is 0.319 e. The molecule has 1 aromatic heterocycles. The van der Waals surface area contributed by atoms with Crippen molar-refractivity contribution in [2.24, 2.45) is 5.92 Å². The van der Waals surface area contributed by atoms with E-state index in [2.05, 4.69) is 15.6 Å². The highest BCUT2D eigenvalue weighted by Crippen LogP contribution is 2.24. The fourth-order valence-corrected chi connectivity index (χ4v) is 2.78. The molecule has 3 N–H and O–H groups in total. The van der Waals surface area contributed by atoms with Gasteiger partial charge in [-0.1, -0.05) is 32.4 Å². The van der Waals surface area contributed by atoms with Gasteiger partial charge in [0.05, 0.1) is 5.60 Å². The maximum atomic E-state index is 12.0. The van der Waals surface area contributed by atoms with Crippen LogP contribution < -0.4 is 10.6 Å². The molecule has 0 aliphatic heterocycles. The van der Waals surface area contributed by atoms with Gasteiger partial charge in [0.25, 0.3) is 0 Å². The highest BCUT2D eigenvalue weighted by atomic mass is 32.1. The van der Waals surface area contributed by atoms with Crippen molar-refractivity contribution in [2.75, 3.05) is 11.9 Å². The number of nitrogens with one attached hydrogen (secondary N) is 2. The van der Waals surface area contributed by atoms with Crippen LogP contribution in [0, 0.1) is 5.92 Å². The summed E-state index contributed by atoms with van der Waals surface area (Å²) in [5, 5.41) is 18.7. The molecule has 5 nitrogen and oxygen atoms in total. The standard InChI is InChI=1S/C17H23N3O2S/c1-4-12(2)17(3,22)11-19-16(21)20-14-7-5-6-13(10-14)15-18-8-9-23-15/h5-10,12,22H,4,11H2,1-3H3,(H2,19,20,21). The van der Waals surface area contributed by atoms with E-state index in [-0.39, 0.29) is 18.5 Å². The molecule has 23 heavy (non-hydrogen) atoms. The molecule has 2 unspecified atom stereocenters. The zero-order chi connectivity index (χ0) is 16.9. The normalized spacial score (nSPS) is 14.8. The topological polar surface area (TPSA) is 74.2 Å². The summed E-state index contributed by atoms with van der Waals surface area (Å²) in [6, 6.07) is 7.20. The molecule has 6 heteroatoms. The largest absolute Gasteiger partial charge is 0.388 e. The summed E-state index contributed by atoms with van der Waals surface area (Å²) in [6.45, 7) is 5.94. The Bertz CT molecular complexity index is 641. The molecule has 2 atom stereocenters. The minimum atomic E-state index is -0.922. The number of thiazole rings is 1. The second-order valence-corrected chi connectivity index (χ2v) is 6.79. The van der Waals surface area contributed by atoms with Gasteiger partial charge >= 0.3 is 6.03 Å². The Balaban J connectivity index is 1.95. The molecule has 0 radical (unpaired) electrons. The molecule has 1 aromatic carbocycles. The quantitative estimate of drug-likeness (QED) is 0.754. The van der Waals surface area contributed by atoms with Crippen LogP contribution in [-0.4, -0.2) is 28.3 Å². The maximum absolute atomic E-state index is 12.0. The van der Waals surface area contributed by atoms with Gasteiger partial charge in [0.1, 0.15) is 5.01 Å². The first-order valence-electron chi connectivity index (χ1n) is 7.69. The van der Waals surface area contributed by atoms with Crippen molar-refractivity contribution in [1.29, 1.82) is 0 Å². The smallest absolute Gasteiger partial charge is 0.319 e. The Hall–Kier alpha value is -1.92. The number of carbonyl (C=O) groups excluding carboxylic acids is 1. The van der Waals surface area contributed by atoms with Crippen LogP contribution in [0.15, 0.2) is 35.8 Å². The number of aromatic nitrogens is 1. The van der Waals surface area contributed by atoms with E-state index >= 15 is 0 Å². The lowest BCUT2D eigenvalue weighted by atomic mass is 9.89. The minimum absolute atomic E-state index is 0.107. The molecule has 0 aliphatic rings. The molecule has 0 saturated carbocycles. The molecular formula is C17H23N3O2S. The Morgan fingerprint density at radius 2 is 2.26 bits per heavy atom. The van der Waals surface area contributed by atoms with Crippen molar-refractivity contribution in [1.82, 2.24) is 10.3 Å². The third-order valence-corrected chi connectivity index (χ3v) is 4.90. The SMILES string of the molecule is CCC(C)C(C)(O)CNC(=O)Nc1cccc(-c2nccs2)c1. The van der Waals surface area contributed by atoms with E-state index in [1.165, 1.54) is 0 Å². The average Bonchev–Trinajstić information content (AvgIpc) is 3.07. The van der Waals surface area contributed by atoms with E-state index in [0.29, 0.717) is 5.69 Å². The lowest BCUT2D eigenvalue weighted by molar-refractivity contribution is 0.00827. The predicted molar refractivity (Wildman–Crippen MR) is 94.7 cm³/mol. The van der Waals surface area contributed by atoms with Crippen LogP contribution >= 0.6 is 11.3 Å². The average molecular weight is 333 g/mol. The van der Waals surface area contributed by atoms with Crippen molar-refractivity contribution in [3.05, 3.63) is 35.8 Å². The van der Waals surface area contributed by atoms with E-state index < -0.39 is 5.60 Å². The zero-order valence-corrected chi connectivity index (χ0v) is 14.5. The number of urea groups is 1. The van der Waals surface area contributed by atoms with Crippen LogP contribution in [0.1, 0.15) is 27.2 Å². The van der Waals surface area contributed by atoms with Crippen molar-refractivity contribution >= 4 is 23.1 Å². The number of aliphatic hydroxyl groups is 1. The number of hydrogen-bond donors (Lipinski definition) is 3. The predicted octanol–water partition coefficient (Wildman–Crippen LogP) is 3.73. The first-order valence-corrected chi connectivity index (χ1v) is 8.57. The van der Waals surface area contributed by atoms with Gasteiger partial charge in [-0.05, 0) is 25.0 Å².